The SMILES string of the molecule is Cc1c(-c2ccc(C(C)(C)C)cc2)cccc1-c1ccc(C(C)(C)C)cc1.Cc1cc(-c2ccccc2)cc(-c2ccccc2)c1.Cc1cccc(-c2ccccc2)c1.[2H]c1c([2H])c([2H])c(-c2cccc(-c3c([2H])c([2H])c([2H])c(C)c3[2H])c2C)c([2H])c1[2H].[2H]c1c([2H])c([2H])c(-c2ccccc2C)c([2H])c1[2H]. The maximum atomic E-state index is 8.38. The van der Waals surface area contributed by atoms with Gasteiger partial charge in [0, 0.05) is 0 Å². The van der Waals surface area contributed by atoms with Crippen LogP contribution in [0, 0.1) is 41.5 Å². The number of hydrogen-bond acceptors (Lipinski definition) is 0. The van der Waals surface area contributed by atoms with E-state index in [-0.39, 0.29) is 99.6 Å². The fourth-order valence-electron chi connectivity index (χ4n) is 10.8. The summed E-state index contributed by atoms with van der Waals surface area (Å²) < 4.78 is 111. The second-order valence-corrected chi connectivity index (χ2v) is 25.0. The van der Waals surface area contributed by atoms with Crippen LogP contribution in [-0.2, 0) is 10.8 Å². The number of aryl methyl sites for hydroxylation is 3. The van der Waals surface area contributed by atoms with Crippen LogP contribution in [0.4, 0.5) is 0 Å². The van der Waals surface area contributed by atoms with Gasteiger partial charge in [0.05, 0.1) is 19.2 Å². The van der Waals surface area contributed by atoms with Crippen LogP contribution in [0.25, 0.3) is 89.0 Å². The third-order valence-corrected chi connectivity index (χ3v) is 15.9. The Balaban J connectivity index is 0.000000157. The molecule has 0 aliphatic heterocycles. The van der Waals surface area contributed by atoms with Crippen molar-refractivity contribution >= 4 is 0 Å². The summed E-state index contributed by atoms with van der Waals surface area (Å²) in [4.78, 5) is 0. The molecular weight excluding hydrogens is 1110 g/mol. The molecule has 0 aliphatic rings. The van der Waals surface area contributed by atoms with Crippen LogP contribution in [0.15, 0.2) is 327 Å². The third-order valence-electron chi connectivity index (χ3n) is 15.9. The van der Waals surface area contributed by atoms with E-state index in [4.69, 9.17) is 19.2 Å². The highest BCUT2D eigenvalue weighted by atomic mass is 14.2. The second-order valence-electron chi connectivity index (χ2n) is 25.0. The van der Waals surface area contributed by atoms with Gasteiger partial charge in [0.1, 0.15) is 0 Å². The molecule has 0 heteroatoms. The van der Waals surface area contributed by atoms with E-state index < -0.39 is 18.1 Å². The third kappa shape index (κ3) is 18.3. The molecule has 0 radical (unpaired) electrons. The van der Waals surface area contributed by atoms with Gasteiger partial charge in [-0.25, -0.2) is 0 Å². The number of hydrogen-bond donors (Lipinski definition) is 0. The lowest BCUT2D eigenvalue weighted by Gasteiger charge is -2.20. The van der Waals surface area contributed by atoms with E-state index in [1.165, 1.54) is 83.5 Å². The van der Waals surface area contributed by atoms with E-state index in [1.54, 1.807) is 44.2 Å². The molecule has 0 unspecified atom stereocenters. The van der Waals surface area contributed by atoms with E-state index in [1.807, 2.05) is 25.1 Å². The van der Waals surface area contributed by atoms with Crippen LogP contribution in [0.5, 0.6) is 0 Å². The fourth-order valence-corrected chi connectivity index (χ4v) is 10.8. The monoisotopic (exact) mass is 1210 g/mol. The first-order chi connectivity index (χ1) is 50.2. The van der Waals surface area contributed by atoms with Crippen molar-refractivity contribution in [1.29, 1.82) is 0 Å². The summed E-state index contributed by atoms with van der Waals surface area (Å²) in [5.41, 5.74) is 23.7. The first-order valence-corrected chi connectivity index (χ1v) is 31.2. The first-order valence-electron chi connectivity index (χ1n) is 38.2. The van der Waals surface area contributed by atoms with Crippen molar-refractivity contribution in [3.8, 4) is 89.0 Å². The molecule has 0 fully saturated rings. The topological polar surface area (TPSA) is 0 Å². The summed E-state index contributed by atoms with van der Waals surface area (Å²) in [6, 6.07) is 79.8. The van der Waals surface area contributed by atoms with Gasteiger partial charge in [0.15, 0.2) is 0 Å². The predicted octanol–water partition coefficient (Wildman–Crippen LogP) is 26.2. The predicted molar refractivity (Wildman–Crippen MR) is 402 cm³/mol. The van der Waals surface area contributed by atoms with Gasteiger partial charge in [-0.05, 0) is 181 Å². The van der Waals surface area contributed by atoms with E-state index in [2.05, 4.69) is 256 Å². The Morgan fingerprint density at radius 2 is 0.576 bits per heavy atom. The van der Waals surface area contributed by atoms with Crippen molar-refractivity contribution in [2.45, 2.75) is 93.9 Å². The Labute approximate surface area is 571 Å². The van der Waals surface area contributed by atoms with Crippen LogP contribution in [0.1, 0.15) is 105 Å². The molecule has 0 spiro atoms. The second kappa shape index (κ2) is 31.5. The van der Waals surface area contributed by atoms with Crippen molar-refractivity contribution in [1.82, 2.24) is 0 Å². The molecule has 0 N–H and O–H groups in total. The summed E-state index contributed by atoms with van der Waals surface area (Å²) in [7, 11) is 0. The van der Waals surface area contributed by atoms with Crippen LogP contribution < -0.4 is 0 Å². The highest BCUT2D eigenvalue weighted by molar-refractivity contribution is 5.80. The van der Waals surface area contributed by atoms with E-state index in [0.29, 0.717) is 22.3 Å². The molecule has 0 atom stereocenters. The molecule has 13 aromatic rings. The number of benzene rings is 13. The molecule has 458 valence electrons. The molecule has 0 heterocycles. The van der Waals surface area contributed by atoms with Gasteiger partial charge in [-0.3, -0.25) is 0 Å². The van der Waals surface area contributed by atoms with Crippen molar-refractivity contribution in [2.24, 2.45) is 0 Å². The summed E-state index contributed by atoms with van der Waals surface area (Å²) in [5, 5.41) is 0. The maximum Gasteiger partial charge on any atom is 0.0632 e. The van der Waals surface area contributed by atoms with Gasteiger partial charge < -0.3 is 0 Å². The molecular formula is C92H90. The zero-order valence-corrected chi connectivity index (χ0v) is 55.1. The average Bonchev–Trinajstić information content (AvgIpc) is 0.751. The van der Waals surface area contributed by atoms with E-state index in [9.17, 15) is 0 Å². The Morgan fingerprint density at radius 3 is 1.01 bits per heavy atom. The highest BCUT2D eigenvalue weighted by Crippen LogP contribution is 2.36. The molecule has 0 saturated heterocycles. The molecule has 0 saturated carbocycles. The fraction of sp³-hybridized carbons (Fsp3) is 0.152. The Bertz CT molecular complexity index is 4960. The molecule has 0 aliphatic carbocycles. The minimum atomic E-state index is -0.472. The van der Waals surface area contributed by atoms with Crippen LogP contribution in [0.2, 0.25) is 0 Å². The first kappa shape index (κ1) is 49.6. The van der Waals surface area contributed by atoms with Gasteiger partial charge in [-0.1, -0.05) is 374 Å². The highest BCUT2D eigenvalue weighted by Gasteiger charge is 2.17. The van der Waals surface area contributed by atoms with Gasteiger partial charge >= 0.3 is 0 Å². The molecule has 0 amide bonds. The normalized spacial score (nSPS) is 13.0. The summed E-state index contributed by atoms with van der Waals surface area (Å²) >= 11 is 0. The van der Waals surface area contributed by atoms with Crippen molar-refractivity contribution < 1.29 is 19.2 Å². The Morgan fingerprint density at radius 1 is 0.228 bits per heavy atom. The van der Waals surface area contributed by atoms with E-state index in [0.717, 1.165) is 5.56 Å². The van der Waals surface area contributed by atoms with E-state index >= 15 is 0 Å². The summed E-state index contributed by atoms with van der Waals surface area (Å²) in [5.74, 6) is 0. The lowest BCUT2D eigenvalue weighted by Crippen LogP contribution is -2.10. The van der Waals surface area contributed by atoms with Gasteiger partial charge in [0.25, 0.3) is 0 Å². The molecule has 0 nitrogen and oxygen atoms in total. The largest absolute Gasteiger partial charge is 0.0632 e. The minimum Gasteiger partial charge on any atom is -0.0622 e. The smallest absolute Gasteiger partial charge is 0.0622 e. The van der Waals surface area contributed by atoms with Gasteiger partial charge in [-0.15, -0.1) is 0 Å². The Hall–Kier alpha value is -10.1. The van der Waals surface area contributed by atoms with Crippen molar-refractivity contribution in [2.75, 3.05) is 0 Å². The number of rotatable bonds is 8. The maximum absolute atomic E-state index is 8.38. The lowest BCUT2D eigenvalue weighted by atomic mass is 9.84. The Kier molecular flexibility index (Phi) is 17.0. The average molecular weight is 1210 g/mol. The van der Waals surface area contributed by atoms with Gasteiger partial charge in [-0.2, -0.15) is 0 Å². The molecule has 0 bridgehead atoms. The minimum absolute atomic E-state index is 0.0303. The van der Waals surface area contributed by atoms with Crippen molar-refractivity contribution in [3.05, 3.63) is 372 Å². The molecule has 13 rings (SSSR count). The van der Waals surface area contributed by atoms with Crippen LogP contribution in [-0.4, -0.2) is 0 Å². The lowest BCUT2D eigenvalue weighted by molar-refractivity contribution is 0.590. The molecule has 13 aromatic carbocycles. The summed E-state index contributed by atoms with van der Waals surface area (Å²) in [6.07, 6.45) is 0. The zero-order valence-electron chi connectivity index (χ0n) is 69.1. The molecule has 92 heavy (non-hydrogen) atoms. The zero-order chi connectivity index (χ0) is 77.2. The van der Waals surface area contributed by atoms with Gasteiger partial charge in [0.2, 0.25) is 0 Å². The molecule has 0 aromatic heterocycles. The summed E-state index contributed by atoms with van der Waals surface area (Å²) in [6.45, 7) is 25.2. The van der Waals surface area contributed by atoms with Crippen LogP contribution in [0.3, 0.4) is 0 Å². The van der Waals surface area contributed by atoms with Crippen LogP contribution >= 0.6 is 0 Å². The quantitative estimate of drug-likeness (QED) is 0.142. The standard InChI is InChI=1S/C27H32.C20H18.C19H16.2C13H12/c1-19-24(20-11-15-22(16-12-20)26(2,3)4)9-8-10-25(19)21-13-17-23(18-14-21)27(5,6)7;1-15-8-6-11-18(14-15)20-13-7-12-19(16(20)2)17-9-4-3-5-10-17;1-15-12-18(16-8-4-2-5-9-16)14-19(13-15)17-10-6-3-7-11-17;1-11-7-5-6-10-13(11)12-8-3-2-4-9-12;1-11-6-5-9-13(10-11)12-7-3-2-4-8-12/h8-18H,1-7H3;3-14H,1-2H3;2-14H,1H3;2*2-10H,1H3/i;3D,4D,5D,6D,8D,9D,10D,11D,14D;;2D,3D,4D,8D,9D;. The van der Waals surface area contributed by atoms with Crippen molar-refractivity contribution in [3.63, 3.8) is 0 Å².